The lowest BCUT2D eigenvalue weighted by molar-refractivity contribution is 0.0950. The van der Waals surface area contributed by atoms with Crippen LogP contribution < -0.4 is 20.3 Å². The highest BCUT2D eigenvalue weighted by Crippen LogP contribution is 2.26. The zero-order valence-electron chi connectivity index (χ0n) is 15.2. The number of amides is 2. The maximum Gasteiger partial charge on any atom is 0.255 e. The predicted octanol–water partition coefficient (Wildman–Crippen LogP) is 2.91. The summed E-state index contributed by atoms with van der Waals surface area (Å²) in [5.74, 6) is 0.339. The van der Waals surface area contributed by atoms with E-state index in [-0.39, 0.29) is 17.9 Å². The summed E-state index contributed by atoms with van der Waals surface area (Å²) in [4.78, 5) is 26.9. The van der Waals surface area contributed by atoms with Crippen molar-refractivity contribution in [3.8, 4) is 5.75 Å². The summed E-state index contributed by atoms with van der Waals surface area (Å²) in [6, 6.07) is 12.5. The van der Waals surface area contributed by atoms with Gasteiger partial charge in [0, 0.05) is 37.1 Å². The molecule has 0 atom stereocenters. The standard InChI is InChI=1S/C20H23N3O3/c1-23(2)18-11-8-15(12-17(18)20(25)21-14-6-7-14)22-19(24)13-4-9-16(26-3)10-5-13/h4-5,8-12,14H,6-7H2,1-3H3,(H,21,25)(H,22,24). The van der Waals surface area contributed by atoms with Gasteiger partial charge in [-0.1, -0.05) is 0 Å². The van der Waals surface area contributed by atoms with E-state index >= 15 is 0 Å². The van der Waals surface area contributed by atoms with Gasteiger partial charge < -0.3 is 20.3 Å². The van der Waals surface area contributed by atoms with Crippen LogP contribution in [0.25, 0.3) is 0 Å². The molecule has 0 saturated heterocycles. The second-order valence-corrected chi connectivity index (χ2v) is 6.56. The van der Waals surface area contributed by atoms with Crippen LogP contribution in [0.15, 0.2) is 42.5 Å². The summed E-state index contributed by atoms with van der Waals surface area (Å²) < 4.78 is 5.10. The number of nitrogens with zero attached hydrogens (tertiary/aromatic N) is 1. The summed E-state index contributed by atoms with van der Waals surface area (Å²) in [6.45, 7) is 0. The maximum atomic E-state index is 12.5. The fraction of sp³-hybridized carbons (Fsp3) is 0.300. The number of ether oxygens (including phenoxy) is 1. The van der Waals surface area contributed by atoms with Gasteiger partial charge in [-0.2, -0.15) is 0 Å². The molecule has 6 heteroatoms. The number of benzene rings is 2. The molecule has 136 valence electrons. The SMILES string of the molecule is COc1ccc(C(=O)Nc2ccc(N(C)C)c(C(=O)NC3CC3)c2)cc1. The Morgan fingerprint density at radius 2 is 1.73 bits per heavy atom. The molecule has 0 heterocycles. The van der Waals surface area contributed by atoms with E-state index in [0.29, 0.717) is 22.6 Å². The first-order chi connectivity index (χ1) is 12.5. The highest BCUT2D eigenvalue weighted by molar-refractivity contribution is 6.06. The zero-order chi connectivity index (χ0) is 18.7. The van der Waals surface area contributed by atoms with E-state index < -0.39 is 0 Å². The van der Waals surface area contributed by atoms with Crippen molar-refractivity contribution in [1.82, 2.24) is 5.32 Å². The van der Waals surface area contributed by atoms with Crippen LogP contribution in [0.4, 0.5) is 11.4 Å². The third-order valence-electron chi connectivity index (χ3n) is 4.25. The average molecular weight is 353 g/mol. The number of anilines is 2. The highest BCUT2D eigenvalue weighted by atomic mass is 16.5. The van der Waals surface area contributed by atoms with Crippen LogP contribution in [-0.4, -0.2) is 39.1 Å². The van der Waals surface area contributed by atoms with Crippen LogP contribution in [0, 0.1) is 0 Å². The van der Waals surface area contributed by atoms with E-state index in [1.165, 1.54) is 0 Å². The van der Waals surface area contributed by atoms with Crippen LogP contribution in [0.5, 0.6) is 5.75 Å². The molecule has 0 unspecified atom stereocenters. The van der Waals surface area contributed by atoms with E-state index in [1.807, 2.05) is 25.1 Å². The molecule has 6 nitrogen and oxygen atoms in total. The molecular weight excluding hydrogens is 330 g/mol. The van der Waals surface area contributed by atoms with Crippen LogP contribution >= 0.6 is 0 Å². The molecule has 1 saturated carbocycles. The normalized spacial score (nSPS) is 13.0. The molecule has 0 bridgehead atoms. The molecule has 1 fully saturated rings. The second-order valence-electron chi connectivity index (χ2n) is 6.56. The van der Waals surface area contributed by atoms with Crippen molar-refractivity contribution >= 4 is 23.2 Å². The Balaban J connectivity index is 1.80. The Labute approximate surface area is 153 Å². The van der Waals surface area contributed by atoms with Crippen LogP contribution in [0.1, 0.15) is 33.6 Å². The Morgan fingerprint density at radius 1 is 1.04 bits per heavy atom. The molecule has 0 aliphatic heterocycles. The second kappa shape index (κ2) is 7.47. The van der Waals surface area contributed by atoms with Gasteiger partial charge in [-0.05, 0) is 55.3 Å². The molecule has 0 spiro atoms. The van der Waals surface area contributed by atoms with Gasteiger partial charge in [-0.15, -0.1) is 0 Å². The minimum atomic E-state index is -0.237. The maximum absolute atomic E-state index is 12.5. The molecule has 0 aromatic heterocycles. The number of carbonyl (C=O) groups excluding carboxylic acids is 2. The van der Waals surface area contributed by atoms with E-state index in [1.54, 1.807) is 43.5 Å². The number of carbonyl (C=O) groups is 2. The van der Waals surface area contributed by atoms with Gasteiger partial charge in [0.05, 0.1) is 12.7 Å². The lowest BCUT2D eigenvalue weighted by Crippen LogP contribution is -2.27. The molecule has 3 rings (SSSR count). The van der Waals surface area contributed by atoms with E-state index in [4.69, 9.17) is 4.74 Å². The Bertz CT molecular complexity index is 812. The third kappa shape index (κ3) is 4.14. The number of methoxy groups -OCH3 is 1. The van der Waals surface area contributed by atoms with Crippen molar-refractivity contribution in [2.24, 2.45) is 0 Å². The number of hydrogen-bond acceptors (Lipinski definition) is 4. The van der Waals surface area contributed by atoms with E-state index in [0.717, 1.165) is 18.5 Å². The Kier molecular flexibility index (Phi) is 5.11. The minimum Gasteiger partial charge on any atom is -0.497 e. The van der Waals surface area contributed by atoms with Crippen molar-refractivity contribution in [2.45, 2.75) is 18.9 Å². The minimum absolute atomic E-state index is 0.114. The van der Waals surface area contributed by atoms with Crippen molar-refractivity contribution in [1.29, 1.82) is 0 Å². The molecule has 2 aromatic carbocycles. The van der Waals surface area contributed by atoms with Crippen molar-refractivity contribution in [3.05, 3.63) is 53.6 Å². The first kappa shape index (κ1) is 17.8. The summed E-state index contributed by atoms with van der Waals surface area (Å²) in [5, 5.41) is 5.85. The molecular formula is C20H23N3O3. The van der Waals surface area contributed by atoms with Crippen molar-refractivity contribution < 1.29 is 14.3 Å². The van der Waals surface area contributed by atoms with E-state index in [2.05, 4.69) is 10.6 Å². The first-order valence-corrected chi connectivity index (χ1v) is 8.55. The van der Waals surface area contributed by atoms with Gasteiger partial charge in [-0.25, -0.2) is 0 Å². The quantitative estimate of drug-likeness (QED) is 0.838. The average Bonchev–Trinajstić information content (AvgIpc) is 3.45. The number of hydrogen-bond donors (Lipinski definition) is 2. The lowest BCUT2D eigenvalue weighted by Gasteiger charge is -2.18. The van der Waals surface area contributed by atoms with Crippen LogP contribution in [-0.2, 0) is 0 Å². The fourth-order valence-electron chi connectivity index (χ4n) is 2.62. The van der Waals surface area contributed by atoms with Gasteiger partial charge in [-0.3, -0.25) is 9.59 Å². The van der Waals surface area contributed by atoms with Crippen molar-refractivity contribution in [2.75, 3.05) is 31.4 Å². The summed E-state index contributed by atoms with van der Waals surface area (Å²) in [7, 11) is 5.35. The fourth-order valence-corrected chi connectivity index (χ4v) is 2.62. The molecule has 26 heavy (non-hydrogen) atoms. The van der Waals surface area contributed by atoms with Gasteiger partial charge >= 0.3 is 0 Å². The Hall–Kier alpha value is -3.02. The predicted molar refractivity (Wildman–Crippen MR) is 102 cm³/mol. The molecule has 2 aromatic rings. The number of nitrogens with one attached hydrogen (secondary N) is 2. The highest BCUT2D eigenvalue weighted by Gasteiger charge is 2.25. The largest absolute Gasteiger partial charge is 0.497 e. The van der Waals surface area contributed by atoms with Gasteiger partial charge in [0.15, 0.2) is 0 Å². The Morgan fingerprint density at radius 3 is 2.31 bits per heavy atom. The van der Waals surface area contributed by atoms with Crippen LogP contribution in [0.3, 0.4) is 0 Å². The zero-order valence-corrected chi connectivity index (χ0v) is 15.2. The smallest absolute Gasteiger partial charge is 0.255 e. The lowest BCUT2D eigenvalue weighted by atomic mass is 10.1. The summed E-state index contributed by atoms with van der Waals surface area (Å²) in [5.41, 5.74) is 2.46. The van der Waals surface area contributed by atoms with Gasteiger partial charge in [0.2, 0.25) is 0 Å². The first-order valence-electron chi connectivity index (χ1n) is 8.55. The van der Waals surface area contributed by atoms with Gasteiger partial charge in [0.25, 0.3) is 11.8 Å². The summed E-state index contributed by atoms with van der Waals surface area (Å²) in [6.07, 6.45) is 2.05. The topological polar surface area (TPSA) is 70.7 Å². The van der Waals surface area contributed by atoms with Crippen LogP contribution in [0.2, 0.25) is 0 Å². The molecule has 1 aliphatic carbocycles. The monoisotopic (exact) mass is 353 g/mol. The number of rotatable bonds is 6. The molecule has 2 N–H and O–H groups in total. The molecule has 2 amide bonds. The van der Waals surface area contributed by atoms with E-state index in [9.17, 15) is 9.59 Å². The van der Waals surface area contributed by atoms with Crippen molar-refractivity contribution in [3.63, 3.8) is 0 Å². The summed E-state index contributed by atoms with van der Waals surface area (Å²) >= 11 is 0. The molecule has 1 aliphatic rings. The molecule has 0 radical (unpaired) electrons. The van der Waals surface area contributed by atoms with Gasteiger partial charge in [0.1, 0.15) is 5.75 Å². The third-order valence-corrected chi connectivity index (χ3v) is 4.25.